The Kier molecular flexibility index (Phi) is 8.68. The van der Waals surface area contributed by atoms with Gasteiger partial charge in [0.15, 0.2) is 0 Å². The van der Waals surface area contributed by atoms with Gasteiger partial charge < -0.3 is 19.3 Å². The number of quaternary nitrogens is 1. The zero-order chi connectivity index (χ0) is 27.3. The minimum atomic E-state index is -0.236. The number of piperidine rings is 1. The summed E-state index contributed by atoms with van der Waals surface area (Å²) in [6, 6.07) is 19.5. The number of unbranched alkanes of at least 4 members (excludes halogenated alkanes) is 2. The minimum Gasteiger partial charge on any atom is -0.497 e. The number of nitrogens with zero attached hydrogens (tertiary/aromatic N) is 1. The standard InChI is InChI=1S/C34H48N2O3/c1-36(25-28-17-18-28)22-21-33(29-14-10-15-31(23-29)38-2)24-30(19-20-34(33,26-36)39-3)35-32(37)16-9-5-8-13-27-11-6-4-7-12-27/h4,6-7,10-12,14-15,23,28,30H,5,8-9,13,16-22,24-26H2,1-3H3/p+1/t30-,33-,34?,36+/m0/s1. The normalized spacial score (nSPS) is 30.4. The van der Waals surface area contributed by atoms with Crippen molar-refractivity contribution >= 4 is 5.91 Å². The maximum absolute atomic E-state index is 13.1. The van der Waals surface area contributed by atoms with Crippen molar-refractivity contribution < 1.29 is 18.8 Å². The van der Waals surface area contributed by atoms with E-state index in [1.54, 1.807) is 7.11 Å². The Bertz CT molecular complexity index is 1100. The van der Waals surface area contributed by atoms with E-state index in [-0.39, 0.29) is 23.0 Å². The largest absolute Gasteiger partial charge is 0.497 e. The highest BCUT2D eigenvalue weighted by molar-refractivity contribution is 5.76. The molecule has 1 heterocycles. The number of carbonyl (C=O) groups excluding carboxylic acids is 1. The molecule has 3 fully saturated rings. The third-order valence-corrected chi connectivity index (χ3v) is 10.1. The molecule has 3 aliphatic rings. The van der Waals surface area contributed by atoms with E-state index >= 15 is 0 Å². The number of hydrogen-bond acceptors (Lipinski definition) is 3. The Hall–Kier alpha value is -2.37. The summed E-state index contributed by atoms with van der Waals surface area (Å²) < 4.78 is 13.4. The van der Waals surface area contributed by atoms with Crippen LogP contribution >= 0.6 is 0 Å². The fourth-order valence-electron chi connectivity index (χ4n) is 7.82. The monoisotopic (exact) mass is 533 g/mol. The highest BCUT2D eigenvalue weighted by atomic mass is 16.5. The molecular weight excluding hydrogens is 484 g/mol. The van der Waals surface area contributed by atoms with Crippen LogP contribution in [-0.2, 0) is 21.4 Å². The number of ether oxygens (including phenoxy) is 2. The molecule has 5 rings (SSSR count). The number of likely N-dealkylation sites (N-methyl/N-ethyl adjacent to an activating group) is 1. The summed E-state index contributed by atoms with van der Waals surface area (Å²) in [5.41, 5.74) is 2.32. The molecule has 39 heavy (non-hydrogen) atoms. The Balaban J connectivity index is 1.26. The van der Waals surface area contributed by atoms with Crippen LogP contribution in [0, 0.1) is 5.92 Å². The summed E-state index contributed by atoms with van der Waals surface area (Å²) in [6.07, 6.45) is 11.6. The van der Waals surface area contributed by atoms with E-state index in [1.165, 1.54) is 30.5 Å². The summed E-state index contributed by atoms with van der Waals surface area (Å²) >= 11 is 0. The lowest BCUT2D eigenvalue weighted by Gasteiger charge is -2.61. The lowest BCUT2D eigenvalue weighted by Crippen LogP contribution is -2.72. The Morgan fingerprint density at radius 2 is 1.82 bits per heavy atom. The number of fused-ring (bicyclic) bond motifs is 1. The van der Waals surface area contributed by atoms with Crippen molar-refractivity contribution in [1.29, 1.82) is 0 Å². The molecule has 2 saturated carbocycles. The quantitative estimate of drug-likeness (QED) is 0.267. The summed E-state index contributed by atoms with van der Waals surface area (Å²) in [6.45, 7) is 3.46. The van der Waals surface area contributed by atoms with Crippen LogP contribution in [-0.4, -0.2) is 62.9 Å². The topological polar surface area (TPSA) is 47.6 Å². The molecule has 1 aliphatic heterocycles. The van der Waals surface area contributed by atoms with Gasteiger partial charge in [0.1, 0.15) is 17.9 Å². The molecule has 0 bridgehead atoms. The molecule has 212 valence electrons. The molecule has 2 aliphatic carbocycles. The molecule has 2 aromatic rings. The molecule has 2 aromatic carbocycles. The predicted molar refractivity (Wildman–Crippen MR) is 157 cm³/mol. The van der Waals surface area contributed by atoms with E-state index in [0.717, 1.165) is 80.6 Å². The number of likely N-dealkylation sites (tertiary alicyclic amines) is 1. The van der Waals surface area contributed by atoms with Gasteiger partial charge in [-0.1, -0.05) is 48.9 Å². The molecule has 5 nitrogen and oxygen atoms in total. The summed E-state index contributed by atoms with van der Waals surface area (Å²) in [7, 11) is 6.12. The van der Waals surface area contributed by atoms with Gasteiger partial charge in [0, 0.05) is 37.3 Å². The SMILES string of the molecule is COc1cccc([C@@]23CC[N@+](C)(CC4CC4)CC2(OC)CC[C@H](NC(=O)CCCCCc2ccccc2)C3)c1. The molecule has 1 amide bonds. The van der Waals surface area contributed by atoms with Gasteiger partial charge in [-0.2, -0.15) is 0 Å². The van der Waals surface area contributed by atoms with Gasteiger partial charge in [0.25, 0.3) is 0 Å². The van der Waals surface area contributed by atoms with Gasteiger partial charge in [0.05, 0.1) is 27.2 Å². The van der Waals surface area contributed by atoms with E-state index < -0.39 is 0 Å². The summed E-state index contributed by atoms with van der Waals surface area (Å²) in [5, 5.41) is 3.46. The van der Waals surface area contributed by atoms with Crippen LogP contribution in [0.4, 0.5) is 0 Å². The van der Waals surface area contributed by atoms with Crippen LogP contribution in [0.5, 0.6) is 5.75 Å². The number of carbonyl (C=O) groups is 1. The third kappa shape index (κ3) is 6.36. The number of rotatable bonds is 12. The van der Waals surface area contributed by atoms with Crippen LogP contribution in [0.15, 0.2) is 54.6 Å². The predicted octanol–water partition coefficient (Wildman–Crippen LogP) is 6.05. The highest BCUT2D eigenvalue weighted by Gasteiger charge is 2.63. The van der Waals surface area contributed by atoms with E-state index in [9.17, 15) is 4.79 Å². The first-order valence-electron chi connectivity index (χ1n) is 15.3. The second kappa shape index (κ2) is 12.0. The summed E-state index contributed by atoms with van der Waals surface area (Å²) in [5.74, 6) is 1.99. The van der Waals surface area contributed by atoms with Crippen molar-refractivity contribution in [2.75, 3.05) is 40.9 Å². The van der Waals surface area contributed by atoms with Crippen molar-refractivity contribution in [3.63, 3.8) is 0 Å². The first-order valence-corrected chi connectivity index (χ1v) is 15.3. The first-order chi connectivity index (χ1) is 18.9. The lowest BCUT2D eigenvalue weighted by atomic mass is 9.54. The van der Waals surface area contributed by atoms with Crippen molar-refractivity contribution in [2.45, 2.75) is 87.7 Å². The second-order valence-corrected chi connectivity index (χ2v) is 12.9. The van der Waals surface area contributed by atoms with Gasteiger partial charge in [-0.3, -0.25) is 4.79 Å². The first kappa shape index (κ1) is 28.2. The zero-order valence-corrected chi connectivity index (χ0v) is 24.4. The van der Waals surface area contributed by atoms with Gasteiger partial charge >= 0.3 is 0 Å². The van der Waals surface area contributed by atoms with E-state index in [0.29, 0.717) is 6.42 Å². The number of methoxy groups -OCH3 is 2. The highest BCUT2D eigenvalue weighted by Crippen LogP contribution is 2.55. The van der Waals surface area contributed by atoms with Gasteiger partial charge in [0.2, 0.25) is 5.91 Å². The number of nitrogens with one attached hydrogen (secondary N) is 1. The molecule has 4 atom stereocenters. The van der Waals surface area contributed by atoms with E-state index in [2.05, 4.69) is 60.9 Å². The molecule has 5 heteroatoms. The number of amides is 1. The molecular formula is C34H49N2O3+. The number of hydrogen-bond donors (Lipinski definition) is 1. The molecule has 1 N–H and O–H groups in total. The smallest absolute Gasteiger partial charge is 0.220 e. The molecule has 1 saturated heterocycles. The van der Waals surface area contributed by atoms with Crippen LogP contribution in [0.3, 0.4) is 0 Å². The Labute approximate surface area is 235 Å². The number of aryl methyl sites for hydroxylation is 1. The maximum Gasteiger partial charge on any atom is 0.220 e. The van der Waals surface area contributed by atoms with Crippen LogP contribution in [0.25, 0.3) is 0 Å². The third-order valence-electron chi connectivity index (χ3n) is 10.1. The van der Waals surface area contributed by atoms with Gasteiger partial charge in [-0.05, 0) is 74.6 Å². The van der Waals surface area contributed by atoms with Crippen molar-refractivity contribution in [1.82, 2.24) is 5.32 Å². The van der Waals surface area contributed by atoms with Crippen molar-refractivity contribution in [3.05, 3.63) is 65.7 Å². The zero-order valence-electron chi connectivity index (χ0n) is 24.4. The Morgan fingerprint density at radius 3 is 2.56 bits per heavy atom. The van der Waals surface area contributed by atoms with Gasteiger partial charge in [-0.25, -0.2) is 0 Å². The minimum absolute atomic E-state index is 0.135. The fraction of sp³-hybridized carbons (Fsp3) is 0.618. The summed E-state index contributed by atoms with van der Waals surface area (Å²) in [4.78, 5) is 13.1. The van der Waals surface area contributed by atoms with E-state index in [1.807, 2.05) is 13.2 Å². The van der Waals surface area contributed by atoms with Crippen LogP contribution in [0.1, 0.15) is 75.3 Å². The average molecular weight is 534 g/mol. The molecule has 0 radical (unpaired) electrons. The Morgan fingerprint density at radius 1 is 1.00 bits per heavy atom. The fourth-order valence-corrected chi connectivity index (χ4v) is 7.82. The molecule has 0 spiro atoms. The van der Waals surface area contributed by atoms with Crippen molar-refractivity contribution in [2.24, 2.45) is 5.92 Å². The van der Waals surface area contributed by atoms with Gasteiger partial charge in [-0.15, -0.1) is 0 Å². The molecule has 0 aromatic heterocycles. The lowest BCUT2D eigenvalue weighted by molar-refractivity contribution is -0.925. The van der Waals surface area contributed by atoms with E-state index in [4.69, 9.17) is 9.47 Å². The second-order valence-electron chi connectivity index (χ2n) is 12.9. The average Bonchev–Trinajstić information content (AvgIpc) is 3.77. The number of benzene rings is 2. The van der Waals surface area contributed by atoms with Crippen molar-refractivity contribution in [3.8, 4) is 5.75 Å². The molecule has 1 unspecified atom stereocenters. The maximum atomic E-state index is 13.1. The van der Waals surface area contributed by atoms with Crippen LogP contribution in [0.2, 0.25) is 0 Å². The van der Waals surface area contributed by atoms with Crippen LogP contribution < -0.4 is 10.1 Å².